The van der Waals surface area contributed by atoms with Crippen LogP contribution in [0.4, 0.5) is 39.3 Å². The molecule has 2 aliphatic rings. The standard InChI is InChI=1S/C22H24F5N7O2/c23-12-6-11(22(25,26)27)7-13(8-12)32-15-2-1-4-34(21(15)36)16-9-33(5-3-14(16)19(29)35)20-17(24)18(28)30-10-31-20/h6-8,10,14-16,32H,1-5,9H2,(H2,29,35)(H2,28,30,31)/t14-,15-,16-/m1/s1. The van der Waals surface area contributed by atoms with Gasteiger partial charge in [-0.15, -0.1) is 0 Å². The van der Waals surface area contributed by atoms with Crippen LogP contribution in [0.1, 0.15) is 24.8 Å². The number of likely N-dealkylation sites (tertiary alicyclic amines) is 1. The maximum absolute atomic E-state index is 14.6. The van der Waals surface area contributed by atoms with E-state index in [1.165, 1.54) is 4.90 Å². The third-order valence-corrected chi connectivity index (χ3v) is 6.48. The first-order chi connectivity index (χ1) is 17.0. The summed E-state index contributed by atoms with van der Waals surface area (Å²) in [6.07, 6.45) is -2.71. The Balaban J connectivity index is 1.57. The number of rotatable bonds is 5. The molecule has 3 heterocycles. The van der Waals surface area contributed by atoms with Gasteiger partial charge in [0.05, 0.1) is 17.5 Å². The molecular weight excluding hydrogens is 489 g/mol. The highest BCUT2D eigenvalue weighted by atomic mass is 19.4. The van der Waals surface area contributed by atoms with Crippen molar-refractivity contribution in [3.63, 3.8) is 0 Å². The molecule has 0 bridgehead atoms. The van der Waals surface area contributed by atoms with Crippen molar-refractivity contribution in [1.29, 1.82) is 0 Å². The van der Waals surface area contributed by atoms with Gasteiger partial charge in [-0.05, 0) is 37.5 Å². The second-order valence-electron chi connectivity index (χ2n) is 8.80. The number of amides is 2. The molecule has 3 atom stereocenters. The number of aromatic nitrogens is 2. The molecule has 14 heteroatoms. The highest BCUT2D eigenvalue weighted by molar-refractivity contribution is 5.87. The summed E-state index contributed by atoms with van der Waals surface area (Å²) in [5.74, 6) is -4.21. The van der Waals surface area contributed by atoms with E-state index in [-0.39, 0.29) is 49.8 Å². The molecule has 2 aromatic rings. The van der Waals surface area contributed by atoms with Gasteiger partial charge in [-0.2, -0.15) is 17.6 Å². The number of anilines is 3. The predicted octanol–water partition coefficient (Wildman–Crippen LogP) is 2.14. The Kier molecular flexibility index (Phi) is 6.87. The SMILES string of the molecule is NC(=O)[C@@H]1CCN(c2ncnc(N)c2F)C[C@H]1N1CCC[C@@H](Nc2cc(F)cc(C(F)(F)F)c2)C1=O. The number of hydrogen-bond donors (Lipinski definition) is 3. The third-order valence-electron chi connectivity index (χ3n) is 6.48. The van der Waals surface area contributed by atoms with Gasteiger partial charge in [0.25, 0.3) is 0 Å². The fourth-order valence-corrected chi connectivity index (χ4v) is 4.77. The quantitative estimate of drug-likeness (QED) is 0.523. The molecule has 9 nitrogen and oxygen atoms in total. The van der Waals surface area contributed by atoms with Gasteiger partial charge in [-0.25, -0.2) is 14.4 Å². The Hall–Kier alpha value is -3.71. The summed E-state index contributed by atoms with van der Waals surface area (Å²) in [5, 5.41) is 2.70. The van der Waals surface area contributed by atoms with E-state index in [0.29, 0.717) is 12.5 Å². The maximum Gasteiger partial charge on any atom is 0.416 e. The number of piperidine rings is 2. The van der Waals surface area contributed by atoms with Crippen molar-refractivity contribution in [3.05, 3.63) is 41.7 Å². The minimum Gasteiger partial charge on any atom is -0.381 e. The minimum atomic E-state index is -4.76. The van der Waals surface area contributed by atoms with Gasteiger partial charge in [0.1, 0.15) is 18.2 Å². The van der Waals surface area contributed by atoms with E-state index >= 15 is 0 Å². The molecule has 0 spiro atoms. The van der Waals surface area contributed by atoms with Crippen molar-refractivity contribution in [1.82, 2.24) is 14.9 Å². The summed E-state index contributed by atoms with van der Waals surface area (Å²) in [4.78, 5) is 36.1. The van der Waals surface area contributed by atoms with E-state index in [1.54, 1.807) is 4.90 Å². The highest BCUT2D eigenvalue weighted by Crippen LogP contribution is 2.33. The van der Waals surface area contributed by atoms with E-state index in [0.717, 1.165) is 18.5 Å². The number of hydrogen-bond acceptors (Lipinski definition) is 7. The first kappa shape index (κ1) is 25.4. The second kappa shape index (κ2) is 9.74. The number of carbonyl (C=O) groups excluding carboxylic acids is 2. The number of nitrogens with zero attached hydrogens (tertiary/aromatic N) is 4. The van der Waals surface area contributed by atoms with Crippen LogP contribution in [0.5, 0.6) is 0 Å². The molecule has 1 aromatic carbocycles. The molecule has 5 N–H and O–H groups in total. The van der Waals surface area contributed by atoms with E-state index in [1.807, 2.05) is 0 Å². The minimum absolute atomic E-state index is 0.0254. The highest BCUT2D eigenvalue weighted by Gasteiger charge is 2.43. The number of halogens is 5. The first-order valence-corrected chi connectivity index (χ1v) is 11.2. The smallest absolute Gasteiger partial charge is 0.381 e. The Morgan fingerprint density at radius 2 is 1.86 bits per heavy atom. The number of benzene rings is 1. The lowest BCUT2D eigenvalue weighted by molar-refractivity contribution is -0.140. The van der Waals surface area contributed by atoms with Crippen LogP contribution >= 0.6 is 0 Å². The average Bonchev–Trinajstić information content (AvgIpc) is 2.81. The van der Waals surface area contributed by atoms with E-state index in [4.69, 9.17) is 11.5 Å². The molecule has 36 heavy (non-hydrogen) atoms. The number of nitrogens with two attached hydrogens (primary N) is 2. The van der Waals surface area contributed by atoms with E-state index in [2.05, 4.69) is 15.3 Å². The molecule has 2 fully saturated rings. The maximum atomic E-state index is 14.6. The van der Waals surface area contributed by atoms with Gasteiger partial charge in [-0.1, -0.05) is 0 Å². The monoisotopic (exact) mass is 513 g/mol. The number of primary amides is 1. The van der Waals surface area contributed by atoms with Gasteiger partial charge in [0, 0.05) is 25.3 Å². The molecule has 194 valence electrons. The normalized spacial score (nSPS) is 23.0. The topological polar surface area (TPSA) is 130 Å². The van der Waals surface area contributed by atoms with Gasteiger partial charge in [0.15, 0.2) is 11.6 Å². The van der Waals surface area contributed by atoms with Crippen molar-refractivity contribution >= 4 is 29.1 Å². The summed E-state index contributed by atoms with van der Waals surface area (Å²) in [6, 6.07) is 0.261. The van der Waals surface area contributed by atoms with Crippen LogP contribution in [-0.2, 0) is 15.8 Å². The molecule has 4 rings (SSSR count). The fraction of sp³-hybridized carbons (Fsp3) is 0.455. The summed E-state index contributed by atoms with van der Waals surface area (Å²) in [7, 11) is 0. The zero-order chi connectivity index (χ0) is 26.2. The Morgan fingerprint density at radius 3 is 2.56 bits per heavy atom. The Labute approximate surface area is 202 Å². The molecule has 0 radical (unpaired) electrons. The fourth-order valence-electron chi connectivity index (χ4n) is 4.77. The summed E-state index contributed by atoms with van der Waals surface area (Å²) in [6.45, 7) is 0.507. The van der Waals surface area contributed by atoms with Gasteiger partial charge >= 0.3 is 6.18 Å². The lowest BCUT2D eigenvalue weighted by Gasteiger charge is -2.46. The van der Waals surface area contributed by atoms with Crippen LogP contribution in [0.3, 0.4) is 0 Å². The van der Waals surface area contributed by atoms with Crippen LogP contribution < -0.4 is 21.7 Å². The zero-order valence-electron chi connectivity index (χ0n) is 18.9. The molecular formula is C22H24F5N7O2. The molecule has 2 amide bonds. The van der Waals surface area contributed by atoms with Crippen LogP contribution in [0, 0.1) is 17.6 Å². The molecule has 1 aromatic heterocycles. The van der Waals surface area contributed by atoms with Crippen molar-refractivity contribution in [2.24, 2.45) is 11.7 Å². The first-order valence-electron chi connectivity index (χ1n) is 11.2. The van der Waals surface area contributed by atoms with Crippen LogP contribution in [-0.4, -0.2) is 58.4 Å². The van der Waals surface area contributed by atoms with Gasteiger partial charge in [0.2, 0.25) is 17.6 Å². The van der Waals surface area contributed by atoms with Crippen molar-refractivity contribution < 1.29 is 31.5 Å². The largest absolute Gasteiger partial charge is 0.416 e. The van der Waals surface area contributed by atoms with Crippen molar-refractivity contribution in [2.45, 2.75) is 37.5 Å². The Morgan fingerprint density at radius 1 is 1.11 bits per heavy atom. The number of carbonyl (C=O) groups is 2. The van der Waals surface area contributed by atoms with Crippen molar-refractivity contribution in [3.8, 4) is 0 Å². The van der Waals surface area contributed by atoms with Crippen LogP contribution in [0.25, 0.3) is 0 Å². The van der Waals surface area contributed by atoms with E-state index < -0.39 is 53.2 Å². The van der Waals surface area contributed by atoms with Crippen molar-refractivity contribution in [2.75, 3.05) is 35.6 Å². The van der Waals surface area contributed by atoms with Crippen LogP contribution in [0.2, 0.25) is 0 Å². The number of alkyl halides is 3. The Bertz CT molecular complexity index is 1160. The van der Waals surface area contributed by atoms with E-state index in [9.17, 15) is 31.5 Å². The lowest BCUT2D eigenvalue weighted by atomic mass is 9.87. The lowest BCUT2D eigenvalue weighted by Crippen LogP contribution is -2.61. The molecule has 0 unspecified atom stereocenters. The average molecular weight is 513 g/mol. The summed E-state index contributed by atoms with van der Waals surface area (Å²) < 4.78 is 67.7. The summed E-state index contributed by atoms with van der Waals surface area (Å²) >= 11 is 0. The van der Waals surface area contributed by atoms with Gasteiger partial charge < -0.3 is 26.6 Å². The number of nitrogen functional groups attached to an aromatic ring is 1. The predicted molar refractivity (Wildman–Crippen MR) is 119 cm³/mol. The van der Waals surface area contributed by atoms with Crippen LogP contribution in [0.15, 0.2) is 24.5 Å². The molecule has 2 saturated heterocycles. The third kappa shape index (κ3) is 5.11. The number of nitrogens with one attached hydrogen (secondary N) is 1. The molecule has 2 aliphatic heterocycles. The van der Waals surface area contributed by atoms with Gasteiger partial charge in [-0.3, -0.25) is 9.59 Å². The second-order valence-corrected chi connectivity index (χ2v) is 8.80. The molecule has 0 aliphatic carbocycles. The zero-order valence-corrected chi connectivity index (χ0v) is 18.9. The molecule has 0 saturated carbocycles. The summed E-state index contributed by atoms with van der Waals surface area (Å²) in [5.41, 5.74) is 9.76.